The number of amides is 2. The Hall–Kier alpha value is -3.84. The maximum absolute atomic E-state index is 12.9. The Bertz CT molecular complexity index is 1350. The Kier molecular flexibility index (Phi) is 15.5. The molecule has 2 amide bonds. The molecule has 0 aliphatic carbocycles. The third-order valence-electron chi connectivity index (χ3n) is 6.91. The summed E-state index contributed by atoms with van der Waals surface area (Å²) in [4.78, 5) is 55.2. The summed E-state index contributed by atoms with van der Waals surface area (Å²) < 4.78 is 17.3. The SMILES string of the molecule is CSCCC(NC(=O)CCCCCO[NH+]=O)C(=O)OC(C)OC(=O)N(C)CC[C@H](Oc1cccc2ccccc12)c1cccs1. The molecule has 0 saturated heterocycles. The van der Waals surface area contributed by atoms with Crippen LogP contribution in [0.25, 0.3) is 10.8 Å². The summed E-state index contributed by atoms with van der Waals surface area (Å²) >= 11 is 3.13. The van der Waals surface area contributed by atoms with Crippen LogP contribution in [0.3, 0.4) is 0 Å². The molecule has 0 saturated carbocycles. The highest BCUT2D eigenvalue weighted by molar-refractivity contribution is 7.98. The highest BCUT2D eigenvalue weighted by Gasteiger charge is 2.26. The molecule has 1 heterocycles. The number of carbonyl (C=O) groups excluding carboxylic acids is 3. The van der Waals surface area contributed by atoms with Gasteiger partial charge in [0.15, 0.2) is 6.61 Å². The maximum Gasteiger partial charge on any atom is 0.412 e. The predicted molar refractivity (Wildman–Crippen MR) is 175 cm³/mol. The number of esters is 1. The van der Waals surface area contributed by atoms with Gasteiger partial charge < -0.3 is 24.4 Å². The Balaban J connectivity index is 1.50. The summed E-state index contributed by atoms with van der Waals surface area (Å²) in [5.74, 6) is 0.444. The Morgan fingerprint density at radius 3 is 2.56 bits per heavy atom. The van der Waals surface area contributed by atoms with Crippen molar-refractivity contribution in [1.29, 1.82) is 0 Å². The highest BCUT2D eigenvalue weighted by atomic mass is 32.2. The van der Waals surface area contributed by atoms with Crippen LogP contribution in [0.1, 0.15) is 56.4 Å². The second-order valence-electron chi connectivity index (χ2n) is 10.3. The number of thiophene rings is 1. The standard InChI is InChI=1S/C32H41N3O8S2/c1-23(41-31(37)26(18-22-44-3)33-30(36)16-5-4-8-20-40-34-39)42-32(38)35(2)19-17-28(29-15-10-21-45-29)43-27-14-9-12-24-11-6-7-13-25(24)27/h6-7,9-15,21,23,26,28,34H,4-5,8,16-20,22H2,1-3H3/p+1/t23?,26?,28-/m0/s1. The van der Waals surface area contributed by atoms with Crippen LogP contribution in [0.2, 0.25) is 0 Å². The van der Waals surface area contributed by atoms with Gasteiger partial charge in [-0.3, -0.25) is 4.79 Å². The van der Waals surface area contributed by atoms with Crippen molar-refractivity contribution >= 4 is 51.8 Å². The van der Waals surface area contributed by atoms with E-state index in [-0.39, 0.29) is 25.0 Å². The molecule has 0 bridgehead atoms. The van der Waals surface area contributed by atoms with E-state index in [2.05, 4.69) is 10.2 Å². The van der Waals surface area contributed by atoms with Crippen molar-refractivity contribution in [2.45, 2.75) is 63.9 Å². The van der Waals surface area contributed by atoms with Gasteiger partial charge in [0.1, 0.15) is 17.9 Å². The molecule has 0 aliphatic rings. The molecule has 244 valence electrons. The minimum atomic E-state index is -1.16. The number of ether oxygens (including phenoxy) is 3. The Labute approximate surface area is 271 Å². The number of nitrogens with zero attached hydrogens (tertiary/aromatic N) is 1. The van der Waals surface area contributed by atoms with Gasteiger partial charge in [-0.15, -0.1) is 11.3 Å². The number of fused-ring (bicyclic) bond motifs is 1. The molecule has 2 unspecified atom stereocenters. The van der Waals surface area contributed by atoms with Gasteiger partial charge in [0.25, 0.3) is 0 Å². The van der Waals surface area contributed by atoms with Crippen molar-refractivity contribution in [2.75, 3.05) is 32.2 Å². The van der Waals surface area contributed by atoms with Crippen molar-refractivity contribution < 1.29 is 38.8 Å². The third kappa shape index (κ3) is 12.2. The lowest BCUT2D eigenvalue weighted by Gasteiger charge is -2.25. The summed E-state index contributed by atoms with van der Waals surface area (Å²) in [6.45, 7) is 2.06. The number of carbonyl (C=O) groups is 3. The molecule has 0 radical (unpaired) electrons. The van der Waals surface area contributed by atoms with Gasteiger partial charge >= 0.3 is 12.1 Å². The quantitative estimate of drug-likeness (QED) is 0.0748. The fourth-order valence-electron chi connectivity index (χ4n) is 4.52. The zero-order valence-corrected chi connectivity index (χ0v) is 27.5. The topological polar surface area (TPSA) is 134 Å². The molecule has 11 nitrogen and oxygen atoms in total. The first-order chi connectivity index (χ1) is 21.8. The molecule has 3 aromatic rings. The lowest BCUT2D eigenvalue weighted by Crippen LogP contribution is -2.62. The molecule has 2 aromatic carbocycles. The van der Waals surface area contributed by atoms with Crippen molar-refractivity contribution in [2.24, 2.45) is 0 Å². The average Bonchev–Trinajstić information content (AvgIpc) is 3.57. The van der Waals surface area contributed by atoms with Crippen LogP contribution in [-0.2, 0) is 23.9 Å². The van der Waals surface area contributed by atoms with Crippen LogP contribution in [0.4, 0.5) is 4.79 Å². The number of benzene rings is 2. The lowest BCUT2D eigenvalue weighted by atomic mass is 10.1. The van der Waals surface area contributed by atoms with Crippen molar-refractivity contribution in [3.05, 3.63) is 69.8 Å². The number of rotatable bonds is 20. The van der Waals surface area contributed by atoms with E-state index >= 15 is 0 Å². The zero-order chi connectivity index (χ0) is 32.4. The van der Waals surface area contributed by atoms with E-state index in [9.17, 15) is 19.3 Å². The maximum atomic E-state index is 12.9. The van der Waals surface area contributed by atoms with Crippen LogP contribution in [0.5, 0.6) is 5.75 Å². The highest BCUT2D eigenvalue weighted by Crippen LogP contribution is 2.33. The molecule has 3 rings (SSSR count). The van der Waals surface area contributed by atoms with Crippen LogP contribution >= 0.6 is 23.1 Å². The molecule has 0 aliphatic heterocycles. The van der Waals surface area contributed by atoms with Gasteiger partial charge in [0.05, 0.1) is 4.91 Å². The molecule has 13 heteroatoms. The largest absolute Gasteiger partial charge is 0.484 e. The van der Waals surface area contributed by atoms with Gasteiger partial charge in [0, 0.05) is 43.6 Å². The molecule has 45 heavy (non-hydrogen) atoms. The first-order valence-corrected chi connectivity index (χ1v) is 17.2. The van der Waals surface area contributed by atoms with E-state index in [0.717, 1.165) is 21.4 Å². The van der Waals surface area contributed by atoms with Gasteiger partial charge in [0.2, 0.25) is 17.5 Å². The molecule has 2 N–H and O–H groups in total. The third-order valence-corrected chi connectivity index (χ3v) is 8.51. The fourth-order valence-corrected chi connectivity index (χ4v) is 5.78. The predicted octanol–water partition coefficient (Wildman–Crippen LogP) is 4.95. The lowest BCUT2D eigenvalue weighted by molar-refractivity contribution is -0.770. The monoisotopic (exact) mass is 660 g/mol. The molecule has 0 fully saturated rings. The van der Waals surface area contributed by atoms with E-state index in [1.807, 2.05) is 66.2 Å². The number of hydrogen-bond acceptors (Lipinski definition) is 10. The van der Waals surface area contributed by atoms with Crippen LogP contribution in [-0.4, -0.2) is 67.4 Å². The summed E-state index contributed by atoms with van der Waals surface area (Å²) in [5, 5.41) is 8.18. The minimum absolute atomic E-state index is 0.222. The van der Waals surface area contributed by atoms with Gasteiger partial charge in [-0.25, -0.2) is 14.4 Å². The molecular formula is C32H42N3O8S2+. The molecule has 3 atom stereocenters. The van der Waals surface area contributed by atoms with Crippen LogP contribution in [0, 0.1) is 4.91 Å². The first-order valence-electron chi connectivity index (χ1n) is 14.9. The van der Waals surface area contributed by atoms with E-state index in [4.69, 9.17) is 14.2 Å². The van der Waals surface area contributed by atoms with E-state index < -0.39 is 24.4 Å². The van der Waals surface area contributed by atoms with Gasteiger partial charge in [-0.1, -0.05) is 42.5 Å². The fraction of sp³-hybridized carbons (Fsp3) is 0.469. The Morgan fingerprint density at radius 1 is 1.00 bits per heavy atom. The number of thioether (sulfide) groups is 1. The van der Waals surface area contributed by atoms with Crippen molar-refractivity contribution in [3.8, 4) is 5.75 Å². The molecular weight excluding hydrogens is 618 g/mol. The van der Waals surface area contributed by atoms with Crippen LogP contribution in [0.15, 0.2) is 60.0 Å². The number of nitrogens with one attached hydrogen (secondary N) is 2. The zero-order valence-electron chi connectivity index (χ0n) is 25.9. The summed E-state index contributed by atoms with van der Waals surface area (Å²) in [6, 6.07) is 17.1. The van der Waals surface area contributed by atoms with Crippen molar-refractivity contribution in [3.63, 3.8) is 0 Å². The van der Waals surface area contributed by atoms with Gasteiger partial charge in [-0.05, 0) is 60.6 Å². The summed E-state index contributed by atoms with van der Waals surface area (Å²) in [6.07, 6.45) is 2.82. The normalized spacial score (nSPS) is 12.9. The summed E-state index contributed by atoms with van der Waals surface area (Å²) in [5.41, 5.74) is 0. The van der Waals surface area contributed by atoms with E-state index in [1.165, 1.54) is 28.9 Å². The van der Waals surface area contributed by atoms with Gasteiger partial charge in [-0.2, -0.15) is 11.8 Å². The first kappa shape index (κ1) is 35.6. The Morgan fingerprint density at radius 2 is 1.80 bits per heavy atom. The molecule has 1 aromatic heterocycles. The van der Waals surface area contributed by atoms with Crippen LogP contribution < -0.4 is 15.4 Å². The second kappa shape index (κ2) is 19.5. The smallest absolute Gasteiger partial charge is 0.412 e. The molecule has 0 spiro atoms. The van der Waals surface area contributed by atoms with E-state index in [0.29, 0.717) is 44.4 Å². The second-order valence-corrected chi connectivity index (χ2v) is 12.3. The minimum Gasteiger partial charge on any atom is -0.484 e. The number of hydrogen-bond donors (Lipinski definition) is 2. The average molecular weight is 661 g/mol. The number of unbranched alkanes of at least 4 members (excludes halogenated alkanes) is 2. The summed E-state index contributed by atoms with van der Waals surface area (Å²) in [7, 11) is 1.62. The van der Waals surface area contributed by atoms with E-state index in [1.54, 1.807) is 18.4 Å². The van der Waals surface area contributed by atoms with Crippen molar-refractivity contribution in [1.82, 2.24) is 10.2 Å².